The van der Waals surface area contributed by atoms with Gasteiger partial charge in [-0.05, 0) is 42.8 Å². The molecule has 0 saturated carbocycles. The zero-order valence-corrected chi connectivity index (χ0v) is 15.3. The van der Waals surface area contributed by atoms with Crippen LogP contribution < -0.4 is 11.1 Å². The molecule has 2 amide bonds. The number of amides is 2. The molecular weight excluding hydrogens is 354 g/mol. The first-order chi connectivity index (χ1) is 12.0. The molecule has 6 nitrogen and oxygen atoms in total. The second kappa shape index (κ2) is 8.69. The first-order valence-electron chi connectivity index (χ1n) is 8.19. The lowest BCUT2D eigenvalue weighted by Crippen LogP contribution is -2.40. The number of rotatable bonds is 3. The second-order valence-corrected chi connectivity index (χ2v) is 6.01. The summed E-state index contributed by atoms with van der Waals surface area (Å²) in [5.41, 5.74) is 8.78. The van der Waals surface area contributed by atoms with Gasteiger partial charge < -0.3 is 20.7 Å². The van der Waals surface area contributed by atoms with Gasteiger partial charge in [0.2, 0.25) is 0 Å². The van der Waals surface area contributed by atoms with Gasteiger partial charge >= 0.3 is 0 Å². The van der Waals surface area contributed by atoms with E-state index in [-0.39, 0.29) is 24.2 Å². The largest absolute Gasteiger partial charge is 0.399 e. The fourth-order valence-electron chi connectivity index (χ4n) is 2.76. The summed E-state index contributed by atoms with van der Waals surface area (Å²) in [6, 6.07) is 12.2. The van der Waals surface area contributed by atoms with Crippen LogP contribution in [0.1, 0.15) is 26.3 Å². The molecule has 3 rings (SSSR count). The molecule has 0 atom stereocenters. The summed E-state index contributed by atoms with van der Waals surface area (Å²) in [5.74, 6) is -0.305. The third-order valence-electron chi connectivity index (χ3n) is 4.17. The molecule has 0 aromatic heterocycles. The average Bonchev–Trinajstić information content (AvgIpc) is 2.64. The van der Waals surface area contributed by atoms with Crippen molar-refractivity contribution in [2.24, 2.45) is 0 Å². The van der Waals surface area contributed by atoms with E-state index in [4.69, 9.17) is 10.5 Å². The maximum absolute atomic E-state index is 12.5. The van der Waals surface area contributed by atoms with E-state index in [1.165, 1.54) is 0 Å². The number of ether oxygens (including phenoxy) is 1. The number of hydrogen-bond acceptors (Lipinski definition) is 4. The minimum Gasteiger partial charge on any atom is -0.399 e. The van der Waals surface area contributed by atoms with Gasteiger partial charge in [-0.1, -0.05) is 12.1 Å². The molecule has 0 unspecified atom stereocenters. The Morgan fingerprint density at radius 3 is 2.58 bits per heavy atom. The monoisotopic (exact) mass is 375 g/mol. The number of morpholine rings is 1. The predicted octanol–water partition coefficient (Wildman–Crippen LogP) is 2.72. The SMILES string of the molecule is Cc1ccc(N)cc1C(=O)Nc1cccc(C(=O)N2CCOCC2)c1.Cl. The molecule has 1 fully saturated rings. The molecule has 0 spiro atoms. The Morgan fingerprint density at radius 2 is 1.85 bits per heavy atom. The van der Waals surface area contributed by atoms with E-state index in [1.54, 1.807) is 41.3 Å². The van der Waals surface area contributed by atoms with Crippen molar-refractivity contribution in [2.75, 3.05) is 37.4 Å². The first-order valence-corrected chi connectivity index (χ1v) is 8.19. The van der Waals surface area contributed by atoms with Crippen LogP contribution in [0.5, 0.6) is 0 Å². The van der Waals surface area contributed by atoms with Crippen LogP contribution in [-0.2, 0) is 4.74 Å². The van der Waals surface area contributed by atoms with Crippen LogP contribution in [0.15, 0.2) is 42.5 Å². The molecule has 7 heteroatoms. The Hall–Kier alpha value is -2.57. The van der Waals surface area contributed by atoms with Gasteiger partial charge in [0, 0.05) is 35.6 Å². The highest BCUT2D eigenvalue weighted by molar-refractivity contribution is 6.06. The Morgan fingerprint density at radius 1 is 1.12 bits per heavy atom. The number of carbonyl (C=O) groups excluding carboxylic acids is 2. The highest BCUT2D eigenvalue weighted by Crippen LogP contribution is 2.17. The number of nitrogens with zero attached hydrogens (tertiary/aromatic N) is 1. The normalized spacial score (nSPS) is 13.7. The molecule has 0 aliphatic carbocycles. The van der Waals surface area contributed by atoms with Gasteiger partial charge in [0.15, 0.2) is 0 Å². The maximum atomic E-state index is 12.5. The van der Waals surface area contributed by atoms with Crippen molar-refractivity contribution < 1.29 is 14.3 Å². The topological polar surface area (TPSA) is 84.7 Å². The van der Waals surface area contributed by atoms with Crippen LogP contribution in [0.3, 0.4) is 0 Å². The zero-order valence-electron chi connectivity index (χ0n) is 14.5. The molecule has 26 heavy (non-hydrogen) atoms. The number of nitrogen functional groups attached to an aromatic ring is 1. The van der Waals surface area contributed by atoms with Crippen LogP contribution in [-0.4, -0.2) is 43.0 Å². The van der Waals surface area contributed by atoms with E-state index in [2.05, 4.69) is 5.32 Å². The number of aryl methyl sites for hydroxylation is 1. The van der Waals surface area contributed by atoms with E-state index in [1.807, 2.05) is 13.0 Å². The minimum atomic E-state index is -0.249. The maximum Gasteiger partial charge on any atom is 0.256 e. The Kier molecular flexibility index (Phi) is 6.60. The highest BCUT2D eigenvalue weighted by atomic mass is 35.5. The Balaban J connectivity index is 0.00000243. The molecule has 0 radical (unpaired) electrons. The third kappa shape index (κ3) is 4.53. The summed E-state index contributed by atoms with van der Waals surface area (Å²) < 4.78 is 5.27. The van der Waals surface area contributed by atoms with Crippen molar-refractivity contribution in [1.29, 1.82) is 0 Å². The van der Waals surface area contributed by atoms with E-state index in [0.29, 0.717) is 48.8 Å². The fraction of sp³-hybridized carbons (Fsp3) is 0.263. The summed E-state index contributed by atoms with van der Waals surface area (Å²) in [6.07, 6.45) is 0. The summed E-state index contributed by atoms with van der Waals surface area (Å²) in [6.45, 7) is 4.12. The standard InChI is InChI=1S/C19H21N3O3.ClH/c1-13-5-6-15(20)12-17(13)18(23)21-16-4-2-3-14(11-16)19(24)22-7-9-25-10-8-22;/h2-6,11-12H,7-10,20H2,1H3,(H,21,23);1H. The Labute approximate surface area is 158 Å². The smallest absolute Gasteiger partial charge is 0.256 e. The summed E-state index contributed by atoms with van der Waals surface area (Å²) >= 11 is 0. The molecule has 0 bridgehead atoms. The first kappa shape index (κ1) is 19.8. The quantitative estimate of drug-likeness (QED) is 0.808. The molecule has 2 aromatic carbocycles. The molecule has 3 N–H and O–H groups in total. The lowest BCUT2D eigenvalue weighted by molar-refractivity contribution is 0.0303. The van der Waals surface area contributed by atoms with Crippen LogP contribution in [0, 0.1) is 6.92 Å². The van der Waals surface area contributed by atoms with Crippen molar-refractivity contribution >= 4 is 35.6 Å². The lowest BCUT2D eigenvalue weighted by Gasteiger charge is -2.27. The van der Waals surface area contributed by atoms with Crippen LogP contribution >= 0.6 is 12.4 Å². The molecule has 1 aliphatic heterocycles. The van der Waals surface area contributed by atoms with Gasteiger partial charge in [0.05, 0.1) is 13.2 Å². The van der Waals surface area contributed by atoms with Crippen molar-refractivity contribution in [3.63, 3.8) is 0 Å². The summed E-state index contributed by atoms with van der Waals surface area (Å²) in [5, 5.41) is 2.83. The number of benzene rings is 2. The van der Waals surface area contributed by atoms with Crippen molar-refractivity contribution in [3.8, 4) is 0 Å². The number of carbonyl (C=O) groups is 2. The van der Waals surface area contributed by atoms with Crippen molar-refractivity contribution in [2.45, 2.75) is 6.92 Å². The van der Waals surface area contributed by atoms with E-state index in [0.717, 1.165) is 5.56 Å². The molecule has 1 saturated heterocycles. The van der Waals surface area contributed by atoms with E-state index in [9.17, 15) is 9.59 Å². The van der Waals surface area contributed by atoms with E-state index < -0.39 is 0 Å². The van der Waals surface area contributed by atoms with Crippen molar-refractivity contribution in [3.05, 3.63) is 59.2 Å². The lowest BCUT2D eigenvalue weighted by atomic mass is 10.1. The van der Waals surface area contributed by atoms with Gasteiger partial charge in [-0.25, -0.2) is 0 Å². The van der Waals surface area contributed by atoms with Gasteiger partial charge in [-0.3, -0.25) is 9.59 Å². The third-order valence-corrected chi connectivity index (χ3v) is 4.17. The molecule has 138 valence electrons. The molecule has 1 aliphatic rings. The zero-order chi connectivity index (χ0) is 17.8. The summed E-state index contributed by atoms with van der Waals surface area (Å²) in [4.78, 5) is 26.8. The number of hydrogen-bond donors (Lipinski definition) is 2. The van der Waals surface area contributed by atoms with E-state index >= 15 is 0 Å². The van der Waals surface area contributed by atoms with Crippen LogP contribution in [0.25, 0.3) is 0 Å². The van der Waals surface area contributed by atoms with Gasteiger partial charge in [-0.15, -0.1) is 12.4 Å². The molecule has 1 heterocycles. The van der Waals surface area contributed by atoms with Crippen LogP contribution in [0.4, 0.5) is 11.4 Å². The van der Waals surface area contributed by atoms with Crippen molar-refractivity contribution in [1.82, 2.24) is 4.90 Å². The number of nitrogens with two attached hydrogens (primary N) is 1. The van der Waals surface area contributed by atoms with Gasteiger partial charge in [0.25, 0.3) is 11.8 Å². The number of nitrogens with one attached hydrogen (secondary N) is 1. The average molecular weight is 376 g/mol. The van der Waals surface area contributed by atoms with Gasteiger partial charge in [-0.2, -0.15) is 0 Å². The molecule has 2 aromatic rings. The predicted molar refractivity (Wildman–Crippen MR) is 104 cm³/mol. The Bertz CT molecular complexity index is 804. The number of anilines is 2. The fourth-order valence-corrected chi connectivity index (χ4v) is 2.76. The summed E-state index contributed by atoms with van der Waals surface area (Å²) in [7, 11) is 0. The molecular formula is C19H22ClN3O3. The second-order valence-electron chi connectivity index (χ2n) is 6.01. The number of halogens is 1. The highest BCUT2D eigenvalue weighted by Gasteiger charge is 2.19. The van der Waals surface area contributed by atoms with Gasteiger partial charge in [0.1, 0.15) is 0 Å². The van der Waals surface area contributed by atoms with Crippen LogP contribution in [0.2, 0.25) is 0 Å². The minimum absolute atomic E-state index is 0.